The van der Waals surface area contributed by atoms with Crippen molar-refractivity contribution in [2.45, 2.75) is 51.1 Å². The Labute approximate surface area is 221 Å². The Morgan fingerprint density at radius 1 is 1.08 bits per heavy atom. The second-order valence-electron chi connectivity index (χ2n) is 10.6. The molecule has 2 fully saturated rings. The summed E-state index contributed by atoms with van der Waals surface area (Å²) in [6.07, 6.45) is 6.90. The molecular formula is C29H31N7O2. The number of likely N-dealkylation sites (tertiary alicyclic amines) is 1. The van der Waals surface area contributed by atoms with Crippen molar-refractivity contribution in [2.24, 2.45) is 0 Å². The molecule has 0 spiro atoms. The summed E-state index contributed by atoms with van der Waals surface area (Å²) in [6, 6.07) is 14.5. The number of nitrogens with zero attached hydrogens (tertiary/aromatic N) is 5. The number of nitrogens with two attached hydrogens (primary N) is 1. The molecule has 0 unspecified atom stereocenters. The summed E-state index contributed by atoms with van der Waals surface area (Å²) in [4.78, 5) is 28.5. The number of carbonyl (C=O) groups is 1. The van der Waals surface area contributed by atoms with Gasteiger partial charge in [-0.1, -0.05) is 29.4 Å². The summed E-state index contributed by atoms with van der Waals surface area (Å²) in [5, 5.41) is 7.77. The zero-order valence-corrected chi connectivity index (χ0v) is 21.6. The highest BCUT2D eigenvalue weighted by molar-refractivity contribution is 5.87. The first-order chi connectivity index (χ1) is 18.4. The van der Waals surface area contributed by atoms with Gasteiger partial charge < -0.3 is 20.5 Å². The fraction of sp³-hybridized carbons (Fsp3) is 0.345. The lowest BCUT2D eigenvalue weighted by Gasteiger charge is -2.37. The maximum absolute atomic E-state index is 13.0. The first kappa shape index (κ1) is 24.2. The molecule has 194 valence electrons. The number of hydrogen-bond acceptors (Lipinski definition) is 8. The smallest absolute Gasteiger partial charge is 0.234 e. The van der Waals surface area contributed by atoms with Crippen LogP contribution in [0.5, 0.6) is 0 Å². The van der Waals surface area contributed by atoms with E-state index >= 15 is 0 Å². The molecule has 9 nitrogen and oxygen atoms in total. The minimum Gasteiger partial charge on any atom is -0.382 e. The quantitative estimate of drug-likeness (QED) is 0.362. The zero-order valence-electron chi connectivity index (χ0n) is 21.6. The van der Waals surface area contributed by atoms with E-state index < -0.39 is 5.41 Å². The molecule has 1 saturated carbocycles. The van der Waals surface area contributed by atoms with Gasteiger partial charge in [0, 0.05) is 49.1 Å². The number of nitrogens with one attached hydrogen (secondary N) is 1. The standard InChI is InChI=1S/C29H31N7O2/c1-29(2,28(37)36-12-3-13-36)25-14-20(10-11-31-25)23-17-33-27(30)26(34-23)24-15-22(35-38-24)19-6-4-18(5-7-19)16-32-21-8-9-21/h4-7,10-11,14-15,17,21,32H,3,8-9,12-13,16H2,1-2H3,(H2,30,33). The van der Waals surface area contributed by atoms with Crippen molar-refractivity contribution in [3.8, 4) is 34.0 Å². The third-order valence-corrected chi connectivity index (χ3v) is 7.34. The van der Waals surface area contributed by atoms with Gasteiger partial charge in [-0.05, 0) is 50.8 Å². The van der Waals surface area contributed by atoms with Crippen LogP contribution in [0.25, 0.3) is 34.0 Å². The highest BCUT2D eigenvalue weighted by Crippen LogP contribution is 2.32. The number of amides is 1. The fourth-order valence-electron chi connectivity index (χ4n) is 4.54. The average molecular weight is 510 g/mol. The summed E-state index contributed by atoms with van der Waals surface area (Å²) < 4.78 is 5.64. The molecule has 1 saturated heterocycles. The van der Waals surface area contributed by atoms with Crippen molar-refractivity contribution in [1.82, 2.24) is 30.3 Å². The van der Waals surface area contributed by atoms with Crippen molar-refractivity contribution in [3.63, 3.8) is 0 Å². The predicted molar refractivity (Wildman–Crippen MR) is 145 cm³/mol. The Bertz CT molecular complexity index is 1470. The number of aromatic nitrogens is 4. The van der Waals surface area contributed by atoms with Crippen molar-refractivity contribution in [1.29, 1.82) is 0 Å². The van der Waals surface area contributed by atoms with E-state index in [-0.39, 0.29) is 11.7 Å². The van der Waals surface area contributed by atoms with Crippen LogP contribution in [0, 0.1) is 0 Å². The van der Waals surface area contributed by atoms with Gasteiger partial charge in [-0.25, -0.2) is 9.97 Å². The maximum atomic E-state index is 13.0. The van der Waals surface area contributed by atoms with E-state index in [0.29, 0.717) is 34.6 Å². The van der Waals surface area contributed by atoms with Gasteiger partial charge in [0.2, 0.25) is 5.91 Å². The number of carbonyl (C=O) groups excluding carboxylic acids is 1. The van der Waals surface area contributed by atoms with E-state index in [0.717, 1.165) is 37.2 Å². The lowest BCUT2D eigenvalue weighted by atomic mass is 9.85. The van der Waals surface area contributed by atoms with Gasteiger partial charge in [-0.2, -0.15) is 0 Å². The molecule has 1 aromatic carbocycles. The van der Waals surface area contributed by atoms with Gasteiger partial charge in [0.25, 0.3) is 0 Å². The van der Waals surface area contributed by atoms with E-state index in [1.165, 1.54) is 18.4 Å². The number of anilines is 1. The summed E-state index contributed by atoms with van der Waals surface area (Å²) >= 11 is 0. The van der Waals surface area contributed by atoms with Crippen LogP contribution in [0.4, 0.5) is 5.82 Å². The van der Waals surface area contributed by atoms with Crippen LogP contribution in [0.1, 0.15) is 44.4 Å². The monoisotopic (exact) mass is 509 g/mol. The van der Waals surface area contributed by atoms with Crippen molar-refractivity contribution >= 4 is 11.7 Å². The molecule has 6 rings (SSSR count). The molecule has 4 aromatic rings. The topological polar surface area (TPSA) is 123 Å². The Kier molecular flexibility index (Phi) is 6.15. The van der Waals surface area contributed by atoms with Gasteiger partial charge in [-0.15, -0.1) is 0 Å². The van der Waals surface area contributed by atoms with Gasteiger partial charge >= 0.3 is 0 Å². The zero-order chi connectivity index (χ0) is 26.3. The molecule has 0 bridgehead atoms. The van der Waals surface area contributed by atoms with Gasteiger partial charge in [0.1, 0.15) is 5.69 Å². The van der Waals surface area contributed by atoms with Gasteiger partial charge in [0.05, 0.1) is 23.0 Å². The van der Waals surface area contributed by atoms with E-state index in [4.69, 9.17) is 15.2 Å². The van der Waals surface area contributed by atoms with Gasteiger partial charge in [-0.3, -0.25) is 9.78 Å². The van der Waals surface area contributed by atoms with Crippen molar-refractivity contribution in [2.75, 3.05) is 18.8 Å². The molecule has 1 aliphatic heterocycles. The lowest BCUT2D eigenvalue weighted by molar-refractivity contribution is -0.139. The highest BCUT2D eigenvalue weighted by Gasteiger charge is 2.37. The van der Waals surface area contributed by atoms with Crippen LogP contribution < -0.4 is 11.1 Å². The van der Waals surface area contributed by atoms with Crippen LogP contribution in [-0.4, -0.2) is 50.0 Å². The Morgan fingerprint density at radius 3 is 2.58 bits per heavy atom. The van der Waals surface area contributed by atoms with Crippen molar-refractivity contribution in [3.05, 3.63) is 66.1 Å². The lowest BCUT2D eigenvalue weighted by Crippen LogP contribution is -2.50. The predicted octanol–water partition coefficient (Wildman–Crippen LogP) is 4.20. The second kappa shape index (κ2) is 9.64. The van der Waals surface area contributed by atoms with Crippen LogP contribution in [-0.2, 0) is 16.8 Å². The SMILES string of the molecule is CC(C)(C(=O)N1CCC1)c1cc(-c2cnc(N)c(-c3cc(-c4ccc(CNC5CC5)cc4)no3)n2)ccn1. The third kappa shape index (κ3) is 4.77. The molecule has 38 heavy (non-hydrogen) atoms. The number of pyridine rings is 1. The largest absolute Gasteiger partial charge is 0.382 e. The Balaban J connectivity index is 1.24. The van der Waals surface area contributed by atoms with Crippen LogP contribution in [0.3, 0.4) is 0 Å². The van der Waals surface area contributed by atoms with Crippen LogP contribution >= 0.6 is 0 Å². The fourth-order valence-corrected chi connectivity index (χ4v) is 4.54. The number of rotatable bonds is 8. The average Bonchev–Trinajstić information content (AvgIpc) is 3.61. The molecule has 1 amide bonds. The normalized spacial score (nSPS) is 15.4. The Hall–Kier alpha value is -4.11. The second-order valence-corrected chi connectivity index (χ2v) is 10.6. The number of benzene rings is 1. The number of hydrogen-bond donors (Lipinski definition) is 2. The van der Waals surface area contributed by atoms with Crippen LogP contribution in [0.2, 0.25) is 0 Å². The number of nitrogen functional groups attached to an aromatic ring is 1. The van der Waals surface area contributed by atoms with Crippen molar-refractivity contribution < 1.29 is 9.32 Å². The van der Waals surface area contributed by atoms with Crippen LogP contribution in [0.15, 0.2) is 59.4 Å². The Morgan fingerprint density at radius 2 is 1.87 bits per heavy atom. The molecule has 3 N–H and O–H groups in total. The molecule has 3 aromatic heterocycles. The van der Waals surface area contributed by atoms with Gasteiger partial charge in [0.15, 0.2) is 17.3 Å². The minimum atomic E-state index is -0.746. The van der Waals surface area contributed by atoms with E-state index in [1.54, 1.807) is 12.4 Å². The summed E-state index contributed by atoms with van der Waals surface area (Å²) in [7, 11) is 0. The molecule has 0 atom stereocenters. The molecule has 4 heterocycles. The van der Waals surface area contributed by atoms with E-state index in [2.05, 4.69) is 32.6 Å². The molecule has 1 aliphatic carbocycles. The summed E-state index contributed by atoms with van der Waals surface area (Å²) in [6.45, 7) is 6.29. The molecule has 9 heteroatoms. The van der Waals surface area contributed by atoms with E-state index in [1.807, 2.05) is 49.1 Å². The van der Waals surface area contributed by atoms with E-state index in [9.17, 15) is 4.79 Å². The third-order valence-electron chi connectivity index (χ3n) is 7.34. The summed E-state index contributed by atoms with van der Waals surface area (Å²) in [5.74, 6) is 0.772. The first-order valence-corrected chi connectivity index (χ1v) is 13.1. The molecule has 0 radical (unpaired) electrons. The maximum Gasteiger partial charge on any atom is 0.234 e. The molecule has 2 aliphatic rings. The highest BCUT2D eigenvalue weighted by atomic mass is 16.5. The summed E-state index contributed by atoms with van der Waals surface area (Å²) in [5.41, 5.74) is 10.8. The molecular weight excluding hydrogens is 478 g/mol. The first-order valence-electron chi connectivity index (χ1n) is 13.1. The minimum absolute atomic E-state index is 0.0823.